The van der Waals surface area contributed by atoms with Gasteiger partial charge >= 0.3 is 0 Å². The maximum absolute atomic E-state index is 13.1. The molecule has 2 aromatic carbocycles. The minimum atomic E-state index is -0.392. The molecule has 3 heterocycles. The fourth-order valence-corrected chi connectivity index (χ4v) is 5.94. The predicted octanol–water partition coefficient (Wildman–Crippen LogP) is 4.85. The van der Waals surface area contributed by atoms with Crippen LogP contribution >= 0.6 is 11.6 Å². The van der Waals surface area contributed by atoms with E-state index in [2.05, 4.69) is 31.6 Å². The minimum Gasteiger partial charge on any atom is -0.496 e. The van der Waals surface area contributed by atoms with E-state index in [-0.39, 0.29) is 12.5 Å². The summed E-state index contributed by atoms with van der Waals surface area (Å²) in [5.74, 6) is 0.467. The number of pyridine rings is 2. The van der Waals surface area contributed by atoms with Gasteiger partial charge in [0, 0.05) is 67.5 Å². The van der Waals surface area contributed by atoms with Crippen LogP contribution in [0.5, 0.6) is 5.75 Å². The highest BCUT2D eigenvalue weighted by Crippen LogP contribution is 2.40. The quantitative estimate of drug-likeness (QED) is 0.177. The summed E-state index contributed by atoms with van der Waals surface area (Å²) >= 11 is 7.07. The molecule has 2 aromatic heterocycles. The molecule has 1 unspecified atom stereocenters. The smallest absolute Gasteiger partial charge is 0.274 e. The number of ether oxygens (including phenoxy) is 1. The van der Waals surface area contributed by atoms with Crippen LogP contribution < -0.4 is 15.4 Å². The average molecular weight is 616 g/mol. The highest BCUT2D eigenvalue weighted by atomic mass is 35.5. The van der Waals surface area contributed by atoms with Gasteiger partial charge in [-0.25, -0.2) is 0 Å². The molecule has 1 aliphatic rings. The zero-order chi connectivity index (χ0) is 31.2. The van der Waals surface area contributed by atoms with Crippen molar-refractivity contribution in [2.75, 3.05) is 38.7 Å². The Morgan fingerprint density at radius 1 is 1.16 bits per heavy atom. The van der Waals surface area contributed by atoms with Crippen LogP contribution in [0.1, 0.15) is 39.7 Å². The van der Waals surface area contributed by atoms with Crippen molar-refractivity contribution in [2.45, 2.75) is 39.5 Å². The van der Waals surface area contributed by atoms with Crippen LogP contribution in [0.4, 0.5) is 5.69 Å². The molecule has 10 heteroatoms. The van der Waals surface area contributed by atoms with Gasteiger partial charge in [0.05, 0.1) is 30.5 Å². The van der Waals surface area contributed by atoms with Gasteiger partial charge in [-0.1, -0.05) is 29.8 Å². The lowest BCUT2D eigenvalue weighted by atomic mass is 9.93. The van der Waals surface area contributed by atoms with Crippen molar-refractivity contribution in [3.8, 4) is 28.1 Å². The molecule has 44 heavy (non-hydrogen) atoms. The van der Waals surface area contributed by atoms with Gasteiger partial charge in [-0.05, 0) is 72.9 Å². The molecule has 1 atom stereocenters. The Bertz CT molecular complexity index is 1610. The zero-order valence-electron chi connectivity index (χ0n) is 25.2. The lowest BCUT2D eigenvalue weighted by Crippen LogP contribution is -2.35. The monoisotopic (exact) mass is 615 g/mol. The molecule has 0 radical (unpaired) electrons. The molecule has 1 aliphatic heterocycles. The first-order valence-electron chi connectivity index (χ1n) is 14.7. The van der Waals surface area contributed by atoms with E-state index < -0.39 is 6.10 Å². The fourth-order valence-electron chi connectivity index (χ4n) is 5.61. The largest absolute Gasteiger partial charge is 0.496 e. The van der Waals surface area contributed by atoms with E-state index in [0.29, 0.717) is 48.3 Å². The molecule has 0 fully saturated rings. The topological polar surface area (TPSA) is 120 Å². The number of carbonyl (C=O) groups is 1. The van der Waals surface area contributed by atoms with Crippen molar-refractivity contribution in [1.82, 2.24) is 20.2 Å². The lowest BCUT2D eigenvalue weighted by Gasteiger charge is -2.31. The van der Waals surface area contributed by atoms with Gasteiger partial charge in [0.15, 0.2) is 0 Å². The van der Waals surface area contributed by atoms with Crippen LogP contribution in [0, 0.1) is 6.92 Å². The van der Waals surface area contributed by atoms with Crippen LogP contribution in [-0.2, 0) is 19.5 Å². The minimum absolute atomic E-state index is 0.0618. The summed E-state index contributed by atoms with van der Waals surface area (Å²) in [4.78, 5) is 24.3. The number of halogens is 1. The predicted molar refractivity (Wildman–Crippen MR) is 173 cm³/mol. The van der Waals surface area contributed by atoms with Crippen LogP contribution in [-0.4, -0.2) is 70.4 Å². The molecule has 5 rings (SSSR count). The Balaban J connectivity index is 1.40. The number of nitrogens with zero attached hydrogens (tertiary/aromatic N) is 3. The first-order valence-corrected chi connectivity index (χ1v) is 15.1. The number of hydrogen-bond donors (Lipinski definition) is 4. The second-order valence-electron chi connectivity index (χ2n) is 11.1. The van der Waals surface area contributed by atoms with E-state index >= 15 is 0 Å². The number of carbonyl (C=O) groups excluding carboxylic acids is 1. The second kappa shape index (κ2) is 14.3. The average Bonchev–Trinajstić information content (AvgIpc) is 3.02. The van der Waals surface area contributed by atoms with Crippen molar-refractivity contribution in [3.63, 3.8) is 0 Å². The molecule has 0 aliphatic carbocycles. The van der Waals surface area contributed by atoms with E-state index in [1.165, 1.54) is 5.56 Å². The number of anilines is 1. The number of hydrogen-bond acceptors (Lipinski definition) is 8. The first kappa shape index (κ1) is 31.6. The summed E-state index contributed by atoms with van der Waals surface area (Å²) < 4.78 is 5.80. The van der Waals surface area contributed by atoms with Crippen molar-refractivity contribution in [1.29, 1.82) is 0 Å². The lowest BCUT2D eigenvalue weighted by molar-refractivity contribution is 0.102. The molecule has 0 spiro atoms. The number of amides is 1. The van der Waals surface area contributed by atoms with E-state index in [0.717, 1.165) is 52.1 Å². The fraction of sp³-hybridized carbons (Fsp3) is 0.324. The zero-order valence-corrected chi connectivity index (χ0v) is 26.0. The summed E-state index contributed by atoms with van der Waals surface area (Å²) in [6.45, 7) is 7.05. The van der Waals surface area contributed by atoms with E-state index in [4.69, 9.17) is 21.4 Å². The van der Waals surface area contributed by atoms with Crippen molar-refractivity contribution in [2.24, 2.45) is 0 Å². The number of aliphatic hydroxyl groups is 2. The summed E-state index contributed by atoms with van der Waals surface area (Å²) in [6.07, 6.45) is 3.85. The molecule has 0 saturated heterocycles. The molecule has 0 saturated carbocycles. The Morgan fingerprint density at radius 3 is 2.73 bits per heavy atom. The summed E-state index contributed by atoms with van der Waals surface area (Å²) in [5.41, 5.74) is 8.29. The standard InChI is InChI=1S/C34H38ClN5O4/c1-21(42)19-40-13-10-24-15-25(16-31(44-3)28(24)20-40)33-32(35)27(9-11-37-33)26-5-4-6-29(22(26)2)39-34(43)30-8-7-23(18-38-30)17-36-12-14-41/h4-9,11,15-16,18,21,36,41-42H,10,12-14,17,19-20H2,1-3H3,(H,39,43). The van der Waals surface area contributed by atoms with E-state index in [1.807, 2.05) is 43.3 Å². The molecule has 0 bridgehead atoms. The summed E-state index contributed by atoms with van der Waals surface area (Å²) in [7, 11) is 1.67. The Hall–Kier alpha value is -3.86. The third-order valence-corrected chi connectivity index (χ3v) is 8.22. The summed E-state index contributed by atoms with van der Waals surface area (Å²) in [6, 6.07) is 15.3. The number of methoxy groups -OCH3 is 1. The maximum atomic E-state index is 13.1. The Labute approximate surface area is 262 Å². The Morgan fingerprint density at radius 2 is 2.00 bits per heavy atom. The van der Waals surface area contributed by atoms with Crippen LogP contribution in [0.25, 0.3) is 22.4 Å². The molecule has 9 nitrogen and oxygen atoms in total. The van der Waals surface area contributed by atoms with Gasteiger partial charge < -0.3 is 25.6 Å². The molecular formula is C34H38ClN5O4. The number of β-amino-alcohol motifs (C(OH)–C–C–N with tert-alkyl or cyclic N) is 1. The van der Waals surface area contributed by atoms with Gasteiger partial charge in [-0.2, -0.15) is 0 Å². The first-order chi connectivity index (χ1) is 21.3. The van der Waals surface area contributed by atoms with Gasteiger partial charge in [0.2, 0.25) is 0 Å². The van der Waals surface area contributed by atoms with Crippen LogP contribution in [0.15, 0.2) is 60.9 Å². The molecule has 1 amide bonds. The van der Waals surface area contributed by atoms with Crippen LogP contribution in [0.2, 0.25) is 5.02 Å². The van der Waals surface area contributed by atoms with Gasteiger partial charge in [-0.3, -0.25) is 19.7 Å². The number of benzene rings is 2. The number of aliphatic hydroxyl groups excluding tert-OH is 2. The van der Waals surface area contributed by atoms with Crippen LogP contribution in [0.3, 0.4) is 0 Å². The molecule has 4 N–H and O–H groups in total. The van der Waals surface area contributed by atoms with Gasteiger partial charge in [-0.15, -0.1) is 0 Å². The summed E-state index contributed by atoms with van der Waals surface area (Å²) in [5, 5.41) is 25.4. The Kier molecular flexibility index (Phi) is 10.2. The number of fused-ring (bicyclic) bond motifs is 1. The molecule has 230 valence electrons. The third-order valence-electron chi connectivity index (χ3n) is 7.83. The van der Waals surface area contributed by atoms with Crippen molar-refractivity contribution >= 4 is 23.2 Å². The number of rotatable bonds is 11. The second-order valence-corrected chi connectivity index (χ2v) is 11.4. The van der Waals surface area contributed by atoms with Gasteiger partial charge in [0.25, 0.3) is 5.91 Å². The van der Waals surface area contributed by atoms with Gasteiger partial charge in [0.1, 0.15) is 11.4 Å². The molecule has 4 aromatic rings. The van der Waals surface area contributed by atoms with Crippen molar-refractivity contribution < 1.29 is 19.7 Å². The number of aromatic nitrogens is 2. The highest BCUT2D eigenvalue weighted by molar-refractivity contribution is 6.35. The SMILES string of the molecule is COc1cc(-c2nccc(-c3cccc(NC(=O)c4ccc(CNCCO)cn4)c3C)c2Cl)cc2c1CN(CC(C)O)CC2. The molecular weight excluding hydrogens is 578 g/mol. The number of nitrogens with one attached hydrogen (secondary N) is 2. The maximum Gasteiger partial charge on any atom is 0.274 e. The normalized spacial score (nSPS) is 13.8. The van der Waals surface area contributed by atoms with E-state index in [1.54, 1.807) is 32.5 Å². The third kappa shape index (κ3) is 7.09. The van der Waals surface area contributed by atoms with Crippen molar-refractivity contribution in [3.05, 3.63) is 93.9 Å². The van der Waals surface area contributed by atoms with E-state index in [9.17, 15) is 9.90 Å². The highest BCUT2D eigenvalue weighted by Gasteiger charge is 2.23.